The monoisotopic (exact) mass is 418 g/mol. The molecule has 0 spiro atoms. The largest absolute Gasteiger partial charge is 0.334 e. The standard InChI is InChI=1S/C24H26N4O3/c1-16(2)9-11-28-15-25-21-8-7-18(13-20(21)24(28)31)26-22(29)10-12-27-14-17-5-3-4-6-19(17)23(27)30/h3-8,13,15-16H,9-12,14H2,1-2H3,(H,26,29). The van der Waals surface area contributed by atoms with E-state index in [1.165, 1.54) is 0 Å². The summed E-state index contributed by atoms with van der Waals surface area (Å²) in [5, 5.41) is 3.32. The van der Waals surface area contributed by atoms with Gasteiger partial charge in [0.25, 0.3) is 11.5 Å². The van der Waals surface area contributed by atoms with Gasteiger partial charge in [0.15, 0.2) is 0 Å². The van der Waals surface area contributed by atoms with Gasteiger partial charge in [0.2, 0.25) is 5.91 Å². The van der Waals surface area contributed by atoms with E-state index in [-0.39, 0.29) is 23.8 Å². The second-order valence-corrected chi connectivity index (χ2v) is 8.34. The Morgan fingerprint density at radius 2 is 1.94 bits per heavy atom. The van der Waals surface area contributed by atoms with Gasteiger partial charge in [0.1, 0.15) is 0 Å². The van der Waals surface area contributed by atoms with Gasteiger partial charge in [0.05, 0.1) is 17.2 Å². The zero-order chi connectivity index (χ0) is 22.0. The van der Waals surface area contributed by atoms with Gasteiger partial charge in [-0.3, -0.25) is 19.0 Å². The van der Waals surface area contributed by atoms with E-state index in [2.05, 4.69) is 24.1 Å². The molecule has 3 aromatic rings. The van der Waals surface area contributed by atoms with Crippen LogP contribution >= 0.6 is 0 Å². The zero-order valence-electron chi connectivity index (χ0n) is 17.8. The lowest BCUT2D eigenvalue weighted by atomic mass is 10.1. The maximum absolute atomic E-state index is 12.8. The number of nitrogens with one attached hydrogen (secondary N) is 1. The predicted octanol–water partition coefficient (Wildman–Crippen LogP) is 3.43. The van der Waals surface area contributed by atoms with Crippen molar-refractivity contribution >= 4 is 28.4 Å². The number of hydrogen-bond donors (Lipinski definition) is 1. The Kier molecular flexibility index (Phi) is 5.84. The summed E-state index contributed by atoms with van der Waals surface area (Å²) in [7, 11) is 0. The maximum atomic E-state index is 12.8. The van der Waals surface area contributed by atoms with Crippen LogP contribution in [0.2, 0.25) is 0 Å². The highest BCUT2D eigenvalue weighted by atomic mass is 16.2. The third kappa shape index (κ3) is 4.50. The number of nitrogens with zero attached hydrogens (tertiary/aromatic N) is 3. The maximum Gasteiger partial charge on any atom is 0.261 e. The molecule has 1 aliphatic rings. The molecule has 0 bridgehead atoms. The SMILES string of the molecule is CC(C)CCn1cnc2ccc(NC(=O)CCN3Cc4ccccc4C3=O)cc2c1=O. The normalized spacial score (nSPS) is 13.1. The average Bonchev–Trinajstić information content (AvgIpc) is 3.08. The van der Waals surface area contributed by atoms with Crippen LogP contribution in [0, 0.1) is 5.92 Å². The number of fused-ring (bicyclic) bond motifs is 2. The van der Waals surface area contributed by atoms with Crippen molar-refractivity contribution < 1.29 is 9.59 Å². The molecule has 1 aromatic heterocycles. The van der Waals surface area contributed by atoms with Gasteiger partial charge in [0, 0.05) is 37.3 Å². The van der Waals surface area contributed by atoms with E-state index in [1.54, 1.807) is 34.0 Å². The molecule has 4 rings (SSSR count). The van der Waals surface area contributed by atoms with Crippen molar-refractivity contribution in [2.75, 3.05) is 11.9 Å². The molecule has 0 saturated heterocycles. The van der Waals surface area contributed by atoms with Crippen molar-refractivity contribution in [2.45, 2.75) is 39.8 Å². The van der Waals surface area contributed by atoms with E-state index in [0.717, 1.165) is 12.0 Å². The van der Waals surface area contributed by atoms with Gasteiger partial charge in [-0.2, -0.15) is 0 Å². The molecule has 31 heavy (non-hydrogen) atoms. The first-order valence-corrected chi connectivity index (χ1v) is 10.6. The number of carbonyl (C=O) groups is 2. The topological polar surface area (TPSA) is 84.3 Å². The predicted molar refractivity (Wildman–Crippen MR) is 120 cm³/mol. The third-order valence-corrected chi connectivity index (χ3v) is 5.56. The van der Waals surface area contributed by atoms with E-state index in [0.29, 0.717) is 47.7 Å². The highest BCUT2D eigenvalue weighted by Crippen LogP contribution is 2.22. The van der Waals surface area contributed by atoms with Crippen LogP contribution in [0.15, 0.2) is 53.6 Å². The first kappa shape index (κ1) is 20.8. The Labute approximate surface area is 180 Å². The molecule has 0 aliphatic carbocycles. The molecule has 0 unspecified atom stereocenters. The first-order valence-electron chi connectivity index (χ1n) is 10.6. The molecule has 2 amide bonds. The van der Waals surface area contributed by atoms with Gasteiger partial charge in [-0.1, -0.05) is 32.0 Å². The quantitative estimate of drug-likeness (QED) is 0.637. The minimum atomic E-state index is -0.202. The molecular weight excluding hydrogens is 392 g/mol. The number of rotatable bonds is 7. The van der Waals surface area contributed by atoms with E-state index >= 15 is 0 Å². The summed E-state index contributed by atoms with van der Waals surface area (Å²) in [5.74, 6) is 0.248. The van der Waals surface area contributed by atoms with Crippen molar-refractivity contribution in [3.05, 3.63) is 70.3 Å². The lowest BCUT2D eigenvalue weighted by Crippen LogP contribution is -2.28. The summed E-state index contributed by atoms with van der Waals surface area (Å²) < 4.78 is 1.62. The molecule has 2 aromatic carbocycles. The summed E-state index contributed by atoms with van der Waals surface area (Å²) in [6.07, 6.45) is 2.66. The van der Waals surface area contributed by atoms with Crippen molar-refractivity contribution in [2.24, 2.45) is 5.92 Å². The molecule has 7 heteroatoms. The van der Waals surface area contributed by atoms with E-state index in [1.807, 2.05) is 24.3 Å². The number of aryl methyl sites for hydroxylation is 1. The van der Waals surface area contributed by atoms with E-state index in [9.17, 15) is 14.4 Å². The summed E-state index contributed by atoms with van der Waals surface area (Å²) in [5.41, 5.74) is 2.74. The highest BCUT2D eigenvalue weighted by Gasteiger charge is 2.26. The minimum absolute atomic E-state index is 0.0397. The number of hydrogen-bond acceptors (Lipinski definition) is 4. The average molecular weight is 418 g/mol. The van der Waals surface area contributed by atoms with Gasteiger partial charge in [-0.25, -0.2) is 4.98 Å². The van der Waals surface area contributed by atoms with Crippen molar-refractivity contribution in [3.63, 3.8) is 0 Å². The van der Waals surface area contributed by atoms with Crippen LogP contribution in [0.25, 0.3) is 10.9 Å². The molecular formula is C24H26N4O3. The van der Waals surface area contributed by atoms with Crippen molar-refractivity contribution in [1.82, 2.24) is 14.5 Å². The zero-order valence-corrected chi connectivity index (χ0v) is 17.8. The van der Waals surface area contributed by atoms with Crippen LogP contribution in [-0.4, -0.2) is 32.8 Å². The van der Waals surface area contributed by atoms with Crippen LogP contribution in [0.5, 0.6) is 0 Å². The molecule has 2 heterocycles. The van der Waals surface area contributed by atoms with Crippen molar-refractivity contribution in [1.29, 1.82) is 0 Å². The first-order chi connectivity index (χ1) is 14.9. The molecule has 0 radical (unpaired) electrons. The fraction of sp³-hybridized carbons (Fsp3) is 0.333. The number of amides is 2. The summed E-state index contributed by atoms with van der Waals surface area (Å²) in [6, 6.07) is 12.7. The lowest BCUT2D eigenvalue weighted by Gasteiger charge is -2.15. The van der Waals surface area contributed by atoms with Crippen LogP contribution in [0.3, 0.4) is 0 Å². The lowest BCUT2D eigenvalue weighted by molar-refractivity contribution is -0.116. The summed E-state index contributed by atoms with van der Waals surface area (Å²) in [6.45, 7) is 5.71. The fourth-order valence-electron chi connectivity index (χ4n) is 3.75. The van der Waals surface area contributed by atoms with Gasteiger partial charge in [-0.05, 0) is 42.2 Å². The molecule has 0 saturated carbocycles. The van der Waals surface area contributed by atoms with Crippen molar-refractivity contribution in [3.8, 4) is 0 Å². The second kappa shape index (κ2) is 8.71. The number of aromatic nitrogens is 2. The Bertz CT molecular complexity index is 1200. The summed E-state index contributed by atoms with van der Waals surface area (Å²) >= 11 is 0. The second-order valence-electron chi connectivity index (χ2n) is 8.34. The molecule has 160 valence electrons. The van der Waals surface area contributed by atoms with E-state index < -0.39 is 0 Å². The van der Waals surface area contributed by atoms with E-state index in [4.69, 9.17) is 0 Å². The molecule has 0 atom stereocenters. The van der Waals surface area contributed by atoms with Crippen LogP contribution in [0.4, 0.5) is 5.69 Å². The van der Waals surface area contributed by atoms with Gasteiger partial charge >= 0.3 is 0 Å². The molecule has 1 aliphatic heterocycles. The Balaban J connectivity index is 1.41. The Morgan fingerprint density at radius 1 is 1.13 bits per heavy atom. The number of carbonyl (C=O) groups excluding carboxylic acids is 2. The number of anilines is 1. The van der Waals surface area contributed by atoms with Gasteiger partial charge < -0.3 is 10.2 Å². The van der Waals surface area contributed by atoms with Gasteiger partial charge in [-0.15, -0.1) is 0 Å². The highest BCUT2D eigenvalue weighted by molar-refractivity contribution is 5.99. The fourth-order valence-corrected chi connectivity index (χ4v) is 3.75. The third-order valence-electron chi connectivity index (χ3n) is 5.56. The smallest absolute Gasteiger partial charge is 0.261 e. The Hall–Kier alpha value is -3.48. The molecule has 1 N–H and O–H groups in total. The Morgan fingerprint density at radius 3 is 2.71 bits per heavy atom. The molecule has 0 fully saturated rings. The van der Waals surface area contributed by atoms with Crippen LogP contribution < -0.4 is 10.9 Å². The number of benzene rings is 2. The minimum Gasteiger partial charge on any atom is -0.334 e. The van der Waals surface area contributed by atoms with Crippen LogP contribution in [-0.2, 0) is 17.9 Å². The van der Waals surface area contributed by atoms with Crippen LogP contribution in [0.1, 0.15) is 42.6 Å². The molecule has 7 nitrogen and oxygen atoms in total. The summed E-state index contributed by atoms with van der Waals surface area (Å²) in [4.78, 5) is 43.7.